The average molecular weight is 383 g/mol. The molecule has 8 heteroatoms. The lowest BCUT2D eigenvalue weighted by molar-refractivity contribution is -0.147. The molecule has 0 spiro atoms. The highest BCUT2D eigenvalue weighted by Gasteiger charge is 2.14. The van der Waals surface area contributed by atoms with E-state index in [9.17, 15) is 9.59 Å². The Bertz CT molecular complexity index is 1010. The molecule has 0 saturated heterocycles. The van der Waals surface area contributed by atoms with Crippen LogP contribution in [0.3, 0.4) is 0 Å². The Morgan fingerprint density at radius 3 is 2.64 bits per heavy atom. The van der Waals surface area contributed by atoms with Crippen molar-refractivity contribution in [2.45, 2.75) is 13.5 Å². The van der Waals surface area contributed by atoms with Gasteiger partial charge in [0.1, 0.15) is 23.9 Å². The summed E-state index contributed by atoms with van der Waals surface area (Å²) in [5, 5.41) is 2.65. The number of fused-ring (bicyclic) bond motifs is 1. The first-order valence-electron chi connectivity index (χ1n) is 8.61. The minimum atomic E-state index is -0.525. The lowest BCUT2D eigenvalue weighted by atomic mass is 10.2. The second kappa shape index (κ2) is 8.43. The third-order valence-corrected chi connectivity index (χ3v) is 4.18. The van der Waals surface area contributed by atoms with Crippen LogP contribution in [0.5, 0.6) is 11.5 Å². The molecule has 0 atom stereocenters. The Labute approximate surface area is 162 Å². The molecular formula is C20H21N3O5. The van der Waals surface area contributed by atoms with E-state index in [2.05, 4.69) is 10.3 Å². The van der Waals surface area contributed by atoms with Gasteiger partial charge in [-0.15, -0.1) is 0 Å². The number of rotatable bonds is 7. The van der Waals surface area contributed by atoms with Crippen LogP contribution in [-0.2, 0) is 20.9 Å². The number of aryl methyl sites for hydroxylation is 1. The van der Waals surface area contributed by atoms with E-state index >= 15 is 0 Å². The number of benzene rings is 2. The zero-order valence-electron chi connectivity index (χ0n) is 15.9. The van der Waals surface area contributed by atoms with Crippen LogP contribution >= 0.6 is 0 Å². The largest absolute Gasteiger partial charge is 0.497 e. The number of aromatic nitrogens is 2. The first kappa shape index (κ1) is 19.2. The fourth-order valence-electron chi connectivity index (χ4n) is 2.80. The van der Waals surface area contributed by atoms with Crippen LogP contribution in [0.4, 0.5) is 5.69 Å². The molecule has 28 heavy (non-hydrogen) atoms. The highest BCUT2D eigenvalue weighted by Crippen LogP contribution is 2.28. The number of hydrogen-bond donors (Lipinski definition) is 1. The van der Waals surface area contributed by atoms with Gasteiger partial charge in [-0.2, -0.15) is 0 Å². The molecule has 0 saturated carbocycles. The molecule has 3 aromatic rings. The maximum Gasteiger partial charge on any atom is 0.326 e. The van der Waals surface area contributed by atoms with Gasteiger partial charge in [0.25, 0.3) is 5.91 Å². The first-order valence-corrected chi connectivity index (χ1v) is 8.61. The van der Waals surface area contributed by atoms with E-state index in [4.69, 9.17) is 14.2 Å². The van der Waals surface area contributed by atoms with E-state index in [0.29, 0.717) is 23.0 Å². The molecule has 1 N–H and O–H groups in total. The van der Waals surface area contributed by atoms with Gasteiger partial charge in [0, 0.05) is 6.07 Å². The van der Waals surface area contributed by atoms with Gasteiger partial charge in [-0.3, -0.25) is 9.59 Å². The van der Waals surface area contributed by atoms with Crippen molar-refractivity contribution in [2.24, 2.45) is 0 Å². The van der Waals surface area contributed by atoms with Crippen LogP contribution < -0.4 is 14.8 Å². The van der Waals surface area contributed by atoms with Crippen LogP contribution in [0, 0.1) is 6.92 Å². The zero-order valence-corrected chi connectivity index (χ0v) is 15.9. The van der Waals surface area contributed by atoms with Crippen molar-refractivity contribution < 1.29 is 23.8 Å². The molecule has 0 fully saturated rings. The molecular weight excluding hydrogens is 362 g/mol. The number of para-hydroxylation sites is 2. The van der Waals surface area contributed by atoms with Crippen LogP contribution in [0.2, 0.25) is 0 Å². The Morgan fingerprint density at radius 1 is 1.11 bits per heavy atom. The number of nitrogens with one attached hydrogen (secondary N) is 1. The summed E-state index contributed by atoms with van der Waals surface area (Å²) in [6.07, 6.45) is 0. The van der Waals surface area contributed by atoms with Crippen molar-refractivity contribution in [3.8, 4) is 11.5 Å². The minimum absolute atomic E-state index is 0.0223. The summed E-state index contributed by atoms with van der Waals surface area (Å²) in [6.45, 7) is 1.39. The minimum Gasteiger partial charge on any atom is -0.497 e. The van der Waals surface area contributed by atoms with E-state index in [-0.39, 0.29) is 6.54 Å². The van der Waals surface area contributed by atoms with Gasteiger partial charge in [0.15, 0.2) is 6.61 Å². The monoisotopic (exact) mass is 383 g/mol. The summed E-state index contributed by atoms with van der Waals surface area (Å²) in [7, 11) is 3.03. The highest BCUT2D eigenvalue weighted by atomic mass is 16.5. The molecule has 146 valence electrons. The summed E-state index contributed by atoms with van der Waals surface area (Å²) >= 11 is 0. The van der Waals surface area contributed by atoms with Crippen molar-refractivity contribution >= 4 is 28.6 Å². The number of anilines is 1. The molecule has 0 radical (unpaired) electrons. The molecule has 0 unspecified atom stereocenters. The maximum atomic E-state index is 12.2. The Hall–Kier alpha value is -3.55. The fourth-order valence-corrected chi connectivity index (χ4v) is 2.80. The predicted octanol–water partition coefficient (Wildman–Crippen LogP) is 2.54. The van der Waals surface area contributed by atoms with Gasteiger partial charge < -0.3 is 24.1 Å². The van der Waals surface area contributed by atoms with Gasteiger partial charge in [-0.25, -0.2) is 4.98 Å². The number of ether oxygens (including phenoxy) is 3. The number of imidazole rings is 1. The lowest BCUT2D eigenvalue weighted by Gasteiger charge is -2.12. The number of nitrogens with zero attached hydrogens (tertiary/aromatic N) is 2. The Balaban J connectivity index is 1.59. The highest BCUT2D eigenvalue weighted by molar-refractivity contribution is 5.94. The maximum absolute atomic E-state index is 12.2. The summed E-state index contributed by atoms with van der Waals surface area (Å²) in [5.74, 6) is 0.751. The van der Waals surface area contributed by atoms with Gasteiger partial charge >= 0.3 is 5.97 Å². The first-order chi connectivity index (χ1) is 13.5. The standard InChI is InChI=1S/C20H21N3O5/c1-13-21-15-6-4-5-7-17(15)23(13)11-20(25)28-12-19(24)22-16-9-8-14(26-2)10-18(16)27-3/h4-10H,11-12H2,1-3H3,(H,22,24). The number of carbonyl (C=O) groups excluding carboxylic acids is 2. The van der Waals surface area contributed by atoms with Crippen LogP contribution in [0.25, 0.3) is 11.0 Å². The quantitative estimate of drug-likeness (QED) is 0.631. The van der Waals surface area contributed by atoms with Crippen molar-refractivity contribution in [1.29, 1.82) is 0 Å². The molecule has 0 aliphatic carbocycles. The smallest absolute Gasteiger partial charge is 0.326 e. The normalized spacial score (nSPS) is 10.5. The number of methoxy groups -OCH3 is 2. The Kier molecular flexibility index (Phi) is 5.78. The van der Waals surface area contributed by atoms with Crippen molar-refractivity contribution in [1.82, 2.24) is 9.55 Å². The van der Waals surface area contributed by atoms with Gasteiger partial charge in [-0.1, -0.05) is 12.1 Å². The zero-order chi connectivity index (χ0) is 20.1. The van der Waals surface area contributed by atoms with Gasteiger partial charge in [-0.05, 0) is 31.2 Å². The van der Waals surface area contributed by atoms with Crippen LogP contribution in [0.15, 0.2) is 42.5 Å². The van der Waals surface area contributed by atoms with Crippen LogP contribution in [-0.4, -0.2) is 42.3 Å². The fraction of sp³-hybridized carbons (Fsp3) is 0.250. The molecule has 0 bridgehead atoms. The molecule has 1 aromatic heterocycles. The summed E-state index contributed by atoms with van der Waals surface area (Å²) in [6, 6.07) is 12.5. The molecule has 0 aliphatic heterocycles. The van der Waals surface area contributed by atoms with E-state index in [1.807, 2.05) is 31.2 Å². The molecule has 1 amide bonds. The predicted molar refractivity (Wildman–Crippen MR) is 104 cm³/mol. The summed E-state index contributed by atoms with van der Waals surface area (Å²) in [4.78, 5) is 28.7. The number of esters is 1. The van der Waals surface area contributed by atoms with Crippen molar-refractivity contribution in [3.63, 3.8) is 0 Å². The topological polar surface area (TPSA) is 91.7 Å². The SMILES string of the molecule is COc1ccc(NC(=O)COC(=O)Cn2c(C)nc3ccccc32)c(OC)c1. The van der Waals surface area contributed by atoms with E-state index in [0.717, 1.165) is 11.0 Å². The van der Waals surface area contributed by atoms with Gasteiger partial charge in [0.2, 0.25) is 0 Å². The second-order valence-corrected chi connectivity index (χ2v) is 6.01. The van der Waals surface area contributed by atoms with E-state index in [1.54, 1.807) is 22.8 Å². The average Bonchev–Trinajstić information content (AvgIpc) is 3.02. The number of hydrogen-bond acceptors (Lipinski definition) is 6. The van der Waals surface area contributed by atoms with Crippen molar-refractivity contribution in [2.75, 3.05) is 26.1 Å². The van der Waals surface area contributed by atoms with E-state index in [1.165, 1.54) is 14.2 Å². The van der Waals surface area contributed by atoms with Gasteiger partial charge in [0.05, 0.1) is 30.9 Å². The molecule has 1 heterocycles. The lowest BCUT2D eigenvalue weighted by Crippen LogP contribution is -2.23. The summed E-state index contributed by atoms with van der Waals surface area (Å²) in [5.41, 5.74) is 2.10. The molecule has 8 nitrogen and oxygen atoms in total. The van der Waals surface area contributed by atoms with Crippen molar-refractivity contribution in [3.05, 3.63) is 48.3 Å². The Morgan fingerprint density at radius 2 is 1.89 bits per heavy atom. The van der Waals surface area contributed by atoms with Crippen LogP contribution in [0.1, 0.15) is 5.82 Å². The second-order valence-electron chi connectivity index (χ2n) is 6.01. The number of carbonyl (C=O) groups is 2. The van der Waals surface area contributed by atoms with E-state index < -0.39 is 18.5 Å². The third-order valence-electron chi connectivity index (χ3n) is 4.18. The number of amides is 1. The molecule has 0 aliphatic rings. The molecule has 2 aromatic carbocycles. The third kappa shape index (κ3) is 4.22. The summed E-state index contributed by atoms with van der Waals surface area (Å²) < 4.78 is 17.2. The molecule has 3 rings (SSSR count).